The normalized spacial score (nSPS) is 11.8. The topological polar surface area (TPSA) is 64.4 Å². The summed E-state index contributed by atoms with van der Waals surface area (Å²) in [7, 11) is 0. The van der Waals surface area contributed by atoms with Gasteiger partial charge in [-0.25, -0.2) is 4.79 Å². The molecule has 2 aromatic rings. The molecule has 1 N–H and O–H groups in total. The molecule has 0 bridgehead atoms. The SMILES string of the molecule is CC(C)(C)OC(=O)n1ncc2cccc(CO)c21. The minimum Gasteiger partial charge on any atom is -0.442 e. The van der Waals surface area contributed by atoms with Crippen molar-refractivity contribution < 1.29 is 14.6 Å². The number of hydrogen-bond donors (Lipinski definition) is 1. The molecule has 0 aliphatic heterocycles. The molecule has 0 atom stereocenters. The number of ether oxygens (including phenoxy) is 1. The molecule has 0 fully saturated rings. The van der Waals surface area contributed by atoms with Crippen LogP contribution in [0, 0.1) is 0 Å². The molecule has 5 nitrogen and oxygen atoms in total. The zero-order valence-corrected chi connectivity index (χ0v) is 10.7. The molecule has 0 aliphatic rings. The Balaban J connectivity index is 2.48. The van der Waals surface area contributed by atoms with Crippen LogP contribution in [-0.2, 0) is 11.3 Å². The number of hydrogen-bond acceptors (Lipinski definition) is 4. The second-order valence-corrected chi connectivity index (χ2v) is 5.05. The molecule has 0 aliphatic carbocycles. The van der Waals surface area contributed by atoms with Gasteiger partial charge < -0.3 is 9.84 Å². The molecule has 0 spiro atoms. The average Bonchev–Trinajstić information content (AvgIpc) is 2.70. The Morgan fingerprint density at radius 1 is 1.44 bits per heavy atom. The van der Waals surface area contributed by atoms with Crippen LogP contribution in [0.2, 0.25) is 0 Å². The summed E-state index contributed by atoms with van der Waals surface area (Å²) in [4.78, 5) is 12.0. The third-order valence-electron chi connectivity index (χ3n) is 2.41. The Labute approximate surface area is 105 Å². The fourth-order valence-corrected chi connectivity index (χ4v) is 1.72. The maximum atomic E-state index is 12.0. The first kappa shape index (κ1) is 12.6. The first-order chi connectivity index (χ1) is 8.42. The summed E-state index contributed by atoms with van der Waals surface area (Å²) < 4.78 is 6.46. The summed E-state index contributed by atoms with van der Waals surface area (Å²) >= 11 is 0. The Hall–Kier alpha value is -1.88. The minimum atomic E-state index is -0.580. The van der Waals surface area contributed by atoms with E-state index in [1.165, 1.54) is 4.68 Å². The van der Waals surface area contributed by atoms with Crippen LogP contribution in [-0.4, -0.2) is 26.6 Å². The number of nitrogens with zero attached hydrogens (tertiary/aromatic N) is 2. The molecule has 5 heteroatoms. The summed E-state index contributed by atoms with van der Waals surface area (Å²) in [5.74, 6) is 0. The second kappa shape index (κ2) is 4.42. The van der Waals surface area contributed by atoms with Crippen molar-refractivity contribution in [2.75, 3.05) is 0 Å². The highest BCUT2D eigenvalue weighted by molar-refractivity contribution is 5.89. The fraction of sp³-hybridized carbons (Fsp3) is 0.385. The average molecular weight is 248 g/mol. The lowest BCUT2D eigenvalue weighted by molar-refractivity contribution is 0.0522. The van der Waals surface area contributed by atoms with Crippen molar-refractivity contribution in [3.05, 3.63) is 30.0 Å². The van der Waals surface area contributed by atoms with Gasteiger partial charge in [0.1, 0.15) is 5.60 Å². The Morgan fingerprint density at radius 2 is 2.17 bits per heavy atom. The highest BCUT2D eigenvalue weighted by atomic mass is 16.6. The van der Waals surface area contributed by atoms with E-state index in [0.29, 0.717) is 11.1 Å². The minimum absolute atomic E-state index is 0.147. The third kappa shape index (κ3) is 2.36. The van der Waals surface area contributed by atoms with Crippen molar-refractivity contribution in [2.24, 2.45) is 0 Å². The molecule has 1 aromatic heterocycles. The molecule has 1 aromatic carbocycles. The number of para-hydroxylation sites is 1. The molecule has 0 saturated carbocycles. The van der Waals surface area contributed by atoms with Crippen molar-refractivity contribution in [3.63, 3.8) is 0 Å². The predicted molar refractivity (Wildman–Crippen MR) is 67.3 cm³/mol. The van der Waals surface area contributed by atoms with E-state index < -0.39 is 11.7 Å². The molecule has 0 amide bonds. The van der Waals surface area contributed by atoms with Crippen molar-refractivity contribution in [3.8, 4) is 0 Å². The molecule has 96 valence electrons. The van der Waals surface area contributed by atoms with Crippen LogP contribution in [0.15, 0.2) is 24.4 Å². The van der Waals surface area contributed by atoms with E-state index in [4.69, 9.17) is 4.74 Å². The summed E-state index contributed by atoms with van der Waals surface area (Å²) in [5.41, 5.74) is 0.661. The van der Waals surface area contributed by atoms with E-state index in [1.807, 2.05) is 12.1 Å². The number of aliphatic hydroxyl groups excluding tert-OH is 1. The molecule has 18 heavy (non-hydrogen) atoms. The number of carbonyl (C=O) groups is 1. The molecular formula is C13H16N2O3. The predicted octanol–water partition coefficient (Wildman–Crippen LogP) is 2.31. The van der Waals surface area contributed by atoms with E-state index in [9.17, 15) is 9.90 Å². The highest BCUT2D eigenvalue weighted by Crippen LogP contribution is 2.20. The maximum absolute atomic E-state index is 12.0. The maximum Gasteiger partial charge on any atom is 0.435 e. The number of benzene rings is 1. The molecular weight excluding hydrogens is 232 g/mol. The molecule has 0 radical (unpaired) electrons. The Morgan fingerprint density at radius 3 is 2.78 bits per heavy atom. The highest BCUT2D eigenvalue weighted by Gasteiger charge is 2.20. The van der Waals surface area contributed by atoms with E-state index in [-0.39, 0.29) is 6.61 Å². The van der Waals surface area contributed by atoms with Crippen LogP contribution < -0.4 is 0 Å². The van der Waals surface area contributed by atoms with Gasteiger partial charge in [-0.05, 0) is 20.8 Å². The smallest absolute Gasteiger partial charge is 0.435 e. The van der Waals surface area contributed by atoms with Gasteiger partial charge in [0.15, 0.2) is 0 Å². The van der Waals surface area contributed by atoms with Gasteiger partial charge in [-0.3, -0.25) is 0 Å². The molecule has 1 heterocycles. The van der Waals surface area contributed by atoms with Gasteiger partial charge in [-0.2, -0.15) is 9.78 Å². The lowest BCUT2D eigenvalue weighted by Gasteiger charge is -2.19. The molecule has 2 rings (SSSR count). The van der Waals surface area contributed by atoms with Gasteiger partial charge in [0.2, 0.25) is 0 Å². The van der Waals surface area contributed by atoms with Crippen LogP contribution >= 0.6 is 0 Å². The summed E-state index contributed by atoms with van der Waals surface area (Å²) in [6.07, 6.45) is 1.04. The van der Waals surface area contributed by atoms with Gasteiger partial charge in [0.25, 0.3) is 0 Å². The number of rotatable bonds is 1. The fourth-order valence-electron chi connectivity index (χ4n) is 1.72. The van der Waals surface area contributed by atoms with Crippen molar-refractivity contribution in [1.82, 2.24) is 9.78 Å². The van der Waals surface area contributed by atoms with E-state index in [0.717, 1.165) is 5.39 Å². The Bertz CT molecular complexity index is 581. The zero-order valence-electron chi connectivity index (χ0n) is 10.7. The zero-order chi connectivity index (χ0) is 13.3. The number of carbonyl (C=O) groups excluding carboxylic acids is 1. The van der Waals surface area contributed by atoms with Crippen LogP contribution in [0.25, 0.3) is 10.9 Å². The number of aliphatic hydroxyl groups is 1. The lowest BCUT2D eigenvalue weighted by Crippen LogP contribution is -2.27. The largest absolute Gasteiger partial charge is 0.442 e. The van der Waals surface area contributed by atoms with Crippen LogP contribution in [0.4, 0.5) is 4.79 Å². The van der Waals surface area contributed by atoms with Crippen molar-refractivity contribution in [1.29, 1.82) is 0 Å². The van der Waals surface area contributed by atoms with Gasteiger partial charge in [-0.1, -0.05) is 18.2 Å². The summed E-state index contributed by atoms with van der Waals surface area (Å²) in [6.45, 7) is 5.24. The third-order valence-corrected chi connectivity index (χ3v) is 2.41. The van der Waals surface area contributed by atoms with Gasteiger partial charge in [-0.15, -0.1) is 0 Å². The lowest BCUT2D eigenvalue weighted by atomic mass is 10.1. The summed E-state index contributed by atoms with van der Waals surface area (Å²) in [6, 6.07) is 5.41. The van der Waals surface area contributed by atoms with E-state index >= 15 is 0 Å². The Kier molecular flexibility index (Phi) is 3.09. The van der Waals surface area contributed by atoms with Crippen LogP contribution in [0.3, 0.4) is 0 Å². The monoisotopic (exact) mass is 248 g/mol. The van der Waals surface area contributed by atoms with Gasteiger partial charge >= 0.3 is 6.09 Å². The van der Waals surface area contributed by atoms with E-state index in [2.05, 4.69) is 5.10 Å². The van der Waals surface area contributed by atoms with Gasteiger partial charge in [0.05, 0.1) is 18.3 Å². The van der Waals surface area contributed by atoms with Crippen molar-refractivity contribution >= 4 is 17.0 Å². The molecule has 0 saturated heterocycles. The van der Waals surface area contributed by atoms with Crippen LogP contribution in [0.5, 0.6) is 0 Å². The van der Waals surface area contributed by atoms with E-state index in [1.54, 1.807) is 33.0 Å². The number of fused-ring (bicyclic) bond motifs is 1. The van der Waals surface area contributed by atoms with Gasteiger partial charge in [0, 0.05) is 10.9 Å². The van der Waals surface area contributed by atoms with Crippen LogP contribution in [0.1, 0.15) is 26.3 Å². The first-order valence-corrected chi connectivity index (χ1v) is 5.72. The standard InChI is InChI=1S/C13H16N2O3/c1-13(2,3)18-12(17)15-11-9(7-14-15)5-4-6-10(11)8-16/h4-7,16H,8H2,1-3H3. The quantitative estimate of drug-likeness (QED) is 0.841. The van der Waals surface area contributed by atoms with Crippen molar-refractivity contribution in [2.45, 2.75) is 33.0 Å². The second-order valence-electron chi connectivity index (χ2n) is 5.05. The number of aromatic nitrogens is 2. The molecule has 0 unspecified atom stereocenters. The summed E-state index contributed by atoms with van der Waals surface area (Å²) in [5, 5.41) is 14.1. The first-order valence-electron chi connectivity index (χ1n) is 5.72.